The first kappa shape index (κ1) is 12.4. The fraction of sp³-hybridized carbons (Fsp3) is 0.923. The topological polar surface area (TPSA) is 20.3 Å². The number of nitrogens with zero attached hydrogens (tertiary/aromatic N) is 1. The predicted octanol–water partition coefficient (Wildman–Crippen LogP) is 3.34. The highest BCUT2D eigenvalue weighted by atomic mass is 79.9. The SMILES string of the molecule is CCC1CCCC(N2CCCC(Br)C2=O)C1. The van der Waals surface area contributed by atoms with E-state index in [0.29, 0.717) is 11.9 Å². The third-order valence-electron chi connectivity index (χ3n) is 4.18. The maximum absolute atomic E-state index is 12.1. The van der Waals surface area contributed by atoms with Crippen molar-refractivity contribution in [3.63, 3.8) is 0 Å². The van der Waals surface area contributed by atoms with Crippen LogP contribution >= 0.6 is 15.9 Å². The summed E-state index contributed by atoms with van der Waals surface area (Å²) in [6.45, 7) is 3.26. The van der Waals surface area contributed by atoms with Crippen LogP contribution in [0.15, 0.2) is 0 Å². The van der Waals surface area contributed by atoms with E-state index < -0.39 is 0 Å². The molecule has 0 aromatic rings. The van der Waals surface area contributed by atoms with Crippen molar-refractivity contribution in [1.29, 1.82) is 0 Å². The number of hydrogen-bond acceptors (Lipinski definition) is 1. The van der Waals surface area contributed by atoms with Crippen molar-refractivity contribution in [3.8, 4) is 0 Å². The minimum Gasteiger partial charge on any atom is -0.339 e. The molecule has 0 spiro atoms. The second kappa shape index (κ2) is 5.52. The molecule has 16 heavy (non-hydrogen) atoms. The summed E-state index contributed by atoms with van der Waals surface area (Å²) in [6, 6.07) is 0.534. The van der Waals surface area contributed by atoms with Gasteiger partial charge >= 0.3 is 0 Å². The van der Waals surface area contributed by atoms with E-state index in [0.717, 1.165) is 25.3 Å². The van der Waals surface area contributed by atoms with E-state index in [9.17, 15) is 4.79 Å². The fourth-order valence-electron chi connectivity index (χ4n) is 3.13. The van der Waals surface area contributed by atoms with Crippen LogP contribution in [0.4, 0.5) is 0 Å². The number of amides is 1. The molecule has 2 fully saturated rings. The Morgan fingerprint density at radius 3 is 2.88 bits per heavy atom. The van der Waals surface area contributed by atoms with Crippen LogP contribution in [0.3, 0.4) is 0 Å². The quantitative estimate of drug-likeness (QED) is 0.714. The van der Waals surface area contributed by atoms with Gasteiger partial charge in [-0.1, -0.05) is 42.1 Å². The molecule has 1 aliphatic heterocycles. The van der Waals surface area contributed by atoms with Crippen LogP contribution < -0.4 is 0 Å². The summed E-state index contributed by atoms with van der Waals surface area (Å²) >= 11 is 3.50. The average Bonchev–Trinajstić information content (AvgIpc) is 2.33. The van der Waals surface area contributed by atoms with E-state index in [1.807, 2.05) is 0 Å². The van der Waals surface area contributed by atoms with E-state index in [2.05, 4.69) is 27.8 Å². The molecule has 0 bridgehead atoms. The van der Waals surface area contributed by atoms with Crippen molar-refractivity contribution in [2.24, 2.45) is 5.92 Å². The maximum Gasteiger partial charge on any atom is 0.236 e. The van der Waals surface area contributed by atoms with Crippen LogP contribution in [0.25, 0.3) is 0 Å². The second-order valence-corrected chi connectivity index (χ2v) is 6.34. The summed E-state index contributed by atoms with van der Waals surface area (Å²) in [7, 11) is 0. The van der Waals surface area contributed by atoms with Gasteiger partial charge < -0.3 is 4.90 Å². The van der Waals surface area contributed by atoms with E-state index in [1.165, 1.54) is 32.1 Å². The molecule has 2 aliphatic rings. The molecule has 0 aromatic carbocycles. The van der Waals surface area contributed by atoms with E-state index in [1.54, 1.807) is 0 Å². The molecule has 1 saturated heterocycles. The van der Waals surface area contributed by atoms with Crippen LogP contribution in [0.5, 0.6) is 0 Å². The van der Waals surface area contributed by atoms with Crippen molar-refractivity contribution in [1.82, 2.24) is 4.90 Å². The molecule has 3 atom stereocenters. The number of likely N-dealkylation sites (tertiary alicyclic amines) is 1. The van der Waals surface area contributed by atoms with E-state index in [-0.39, 0.29) is 4.83 Å². The minimum atomic E-state index is 0.0863. The van der Waals surface area contributed by atoms with Crippen molar-refractivity contribution in [2.45, 2.75) is 62.7 Å². The number of halogens is 1. The molecule has 0 N–H and O–H groups in total. The summed E-state index contributed by atoms with van der Waals surface area (Å²) in [5.41, 5.74) is 0. The molecule has 2 nitrogen and oxygen atoms in total. The Morgan fingerprint density at radius 1 is 1.31 bits per heavy atom. The standard InChI is InChI=1S/C13H22BrNO/c1-2-10-5-3-6-11(9-10)15-8-4-7-12(14)13(15)16/h10-12H,2-9H2,1H3. The highest BCUT2D eigenvalue weighted by Crippen LogP contribution is 2.32. The van der Waals surface area contributed by atoms with Crippen LogP contribution in [-0.4, -0.2) is 28.2 Å². The van der Waals surface area contributed by atoms with Crippen LogP contribution in [0.2, 0.25) is 0 Å². The van der Waals surface area contributed by atoms with Gasteiger partial charge in [0.25, 0.3) is 0 Å². The molecule has 1 saturated carbocycles. The van der Waals surface area contributed by atoms with Gasteiger partial charge in [-0.15, -0.1) is 0 Å². The average molecular weight is 288 g/mol. The zero-order valence-corrected chi connectivity index (χ0v) is 11.7. The Bertz CT molecular complexity index is 256. The smallest absolute Gasteiger partial charge is 0.236 e. The van der Waals surface area contributed by atoms with Gasteiger partial charge in [0.2, 0.25) is 5.91 Å². The lowest BCUT2D eigenvalue weighted by Crippen LogP contribution is -2.49. The molecule has 1 aliphatic carbocycles. The summed E-state index contributed by atoms with van der Waals surface area (Å²) < 4.78 is 0. The fourth-order valence-corrected chi connectivity index (χ4v) is 3.72. The summed E-state index contributed by atoms with van der Waals surface area (Å²) in [5, 5.41) is 0. The summed E-state index contributed by atoms with van der Waals surface area (Å²) in [6.07, 6.45) is 8.58. The molecule has 1 amide bonds. The summed E-state index contributed by atoms with van der Waals surface area (Å²) in [5.74, 6) is 1.19. The van der Waals surface area contributed by atoms with Gasteiger partial charge in [-0.3, -0.25) is 4.79 Å². The molecule has 3 unspecified atom stereocenters. The molecular formula is C13H22BrNO. The van der Waals surface area contributed by atoms with Crippen LogP contribution in [-0.2, 0) is 4.79 Å². The van der Waals surface area contributed by atoms with Crippen molar-refractivity contribution in [2.75, 3.05) is 6.54 Å². The highest BCUT2D eigenvalue weighted by Gasteiger charge is 2.33. The molecule has 1 heterocycles. The lowest BCUT2D eigenvalue weighted by atomic mass is 9.83. The van der Waals surface area contributed by atoms with E-state index >= 15 is 0 Å². The molecule has 2 rings (SSSR count). The van der Waals surface area contributed by atoms with Crippen molar-refractivity contribution < 1.29 is 4.79 Å². The molecular weight excluding hydrogens is 266 g/mol. The zero-order valence-electron chi connectivity index (χ0n) is 10.1. The van der Waals surface area contributed by atoms with Crippen molar-refractivity contribution in [3.05, 3.63) is 0 Å². The molecule has 3 heteroatoms. The first-order valence-electron chi connectivity index (χ1n) is 6.67. The Kier molecular flexibility index (Phi) is 4.28. The second-order valence-electron chi connectivity index (χ2n) is 5.24. The van der Waals surface area contributed by atoms with Gasteiger partial charge in [0.1, 0.15) is 0 Å². The third-order valence-corrected chi connectivity index (χ3v) is 5.03. The maximum atomic E-state index is 12.1. The van der Waals surface area contributed by atoms with Gasteiger partial charge in [-0.25, -0.2) is 0 Å². The minimum absolute atomic E-state index is 0.0863. The van der Waals surface area contributed by atoms with Gasteiger partial charge in [0.15, 0.2) is 0 Å². The van der Waals surface area contributed by atoms with Gasteiger partial charge in [-0.05, 0) is 31.6 Å². The normalized spacial score (nSPS) is 36.5. The first-order valence-corrected chi connectivity index (χ1v) is 7.58. The predicted molar refractivity (Wildman–Crippen MR) is 69.7 cm³/mol. The number of hydrogen-bond donors (Lipinski definition) is 0. The Balaban J connectivity index is 1.97. The van der Waals surface area contributed by atoms with Gasteiger partial charge in [-0.2, -0.15) is 0 Å². The highest BCUT2D eigenvalue weighted by molar-refractivity contribution is 9.10. The third kappa shape index (κ3) is 2.61. The molecule has 0 aromatic heterocycles. The monoisotopic (exact) mass is 287 g/mol. The van der Waals surface area contributed by atoms with Crippen molar-refractivity contribution >= 4 is 21.8 Å². The number of piperidine rings is 1. The number of carbonyl (C=O) groups excluding carboxylic acids is 1. The number of rotatable bonds is 2. The van der Waals surface area contributed by atoms with Crippen LogP contribution in [0, 0.1) is 5.92 Å². The van der Waals surface area contributed by atoms with E-state index in [4.69, 9.17) is 0 Å². The van der Waals surface area contributed by atoms with Crippen LogP contribution in [0.1, 0.15) is 51.9 Å². The molecule has 92 valence electrons. The largest absolute Gasteiger partial charge is 0.339 e. The Hall–Kier alpha value is -0.0500. The van der Waals surface area contributed by atoms with Gasteiger partial charge in [0, 0.05) is 12.6 Å². The Labute approximate surface area is 107 Å². The summed E-state index contributed by atoms with van der Waals surface area (Å²) in [4.78, 5) is 14.3. The lowest BCUT2D eigenvalue weighted by Gasteiger charge is -2.40. The Morgan fingerprint density at radius 2 is 2.12 bits per heavy atom. The number of carbonyl (C=O) groups is 1. The zero-order chi connectivity index (χ0) is 11.5. The molecule has 0 radical (unpaired) electrons. The number of alkyl halides is 1. The first-order chi connectivity index (χ1) is 7.72. The lowest BCUT2D eigenvalue weighted by molar-refractivity contribution is -0.136. The van der Waals surface area contributed by atoms with Gasteiger partial charge in [0.05, 0.1) is 4.83 Å².